The van der Waals surface area contributed by atoms with Gasteiger partial charge in [0.1, 0.15) is 6.61 Å². The Morgan fingerprint density at radius 2 is 1.69 bits per heavy atom. The third kappa shape index (κ3) is 6.42. The van der Waals surface area contributed by atoms with Crippen molar-refractivity contribution in [1.82, 2.24) is 0 Å². The Morgan fingerprint density at radius 1 is 1.00 bits per heavy atom. The number of methoxy groups -OCH3 is 1. The number of rotatable bonds is 10. The van der Waals surface area contributed by atoms with Crippen LogP contribution in [0, 0.1) is 10.1 Å². The second kappa shape index (κ2) is 13.0. The maximum atomic E-state index is 13.7. The Labute approximate surface area is 247 Å². The van der Waals surface area contributed by atoms with E-state index in [0.29, 0.717) is 28.0 Å². The quantitative estimate of drug-likeness (QED) is 0.0829. The molecule has 1 aliphatic rings. The molecular formula is C33H27N3O5S. The summed E-state index contributed by atoms with van der Waals surface area (Å²) in [5, 5.41) is 11.5. The number of ether oxygens (including phenoxy) is 2. The molecule has 210 valence electrons. The Hall–Kier alpha value is -5.15. The van der Waals surface area contributed by atoms with Crippen molar-refractivity contribution in [3.8, 4) is 11.5 Å². The molecule has 0 radical (unpaired) electrons. The van der Waals surface area contributed by atoms with Gasteiger partial charge in [0.05, 0.1) is 28.3 Å². The molecule has 0 unspecified atom stereocenters. The Morgan fingerprint density at radius 3 is 2.33 bits per heavy atom. The van der Waals surface area contributed by atoms with Crippen molar-refractivity contribution in [2.75, 3.05) is 12.0 Å². The molecule has 0 spiro atoms. The van der Waals surface area contributed by atoms with Crippen LogP contribution in [0.3, 0.4) is 0 Å². The van der Waals surface area contributed by atoms with Gasteiger partial charge in [-0.15, -0.1) is 6.58 Å². The fraction of sp³-hybridized carbons (Fsp3) is 0.0909. The van der Waals surface area contributed by atoms with Crippen LogP contribution in [0.4, 0.5) is 17.1 Å². The Bertz CT molecular complexity index is 1670. The second-order valence-electron chi connectivity index (χ2n) is 9.23. The lowest BCUT2D eigenvalue weighted by atomic mass is 10.0. The number of anilines is 1. The van der Waals surface area contributed by atoms with Gasteiger partial charge >= 0.3 is 0 Å². The van der Waals surface area contributed by atoms with Gasteiger partial charge in [-0.25, -0.2) is 4.99 Å². The van der Waals surface area contributed by atoms with Gasteiger partial charge in [0.15, 0.2) is 16.7 Å². The van der Waals surface area contributed by atoms with Crippen molar-refractivity contribution < 1.29 is 19.2 Å². The summed E-state index contributed by atoms with van der Waals surface area (Å²) in [5.74, 6) is 0.862. The molecule has 1 aliphatic heterocycles. The van der Waals surface area contributed by atoms with E-state index in [0.717, 1.165) is 28.1 Å². The fourth-order valence-electron chi connectivity index (χ4n) is 4.38. The third-order valence-corrected chi connectivity index (χ3v) is 7.34. The highest BCUT2D eigenvalue weighted by atomic mass is 32.2. The van der Waals surface area contributed by atoms with E-state index in [1.165, 1.54) is 23.9 Å². The Balaban J connectivity index is 1.47. The van der Waals surface area contributed by atoms with Gasteiger partial charge in [-0.05, 0) is 83.9 Å². The van der Waals surface area contributed by atoms with Gasteiger partial charge < -0.3 is 9.47 Å². The number of nitrogens with zero attached hydrogens (tertiary/aromatic N) is 3. The van der Waals surface area contributed by atoms with Gasteiger partial charge in [0.2, 0.25) is 0 Å². The lowest BCUT2D eigenvalue weighted by molar-refractivity contribution is -0.384. The molecule has 1 fully saturated rings. The van der Waals surface area contributed by atoms with Crippen molar-refractivity contribution in [3.05, 3.63) is 141 Å². The van der Waals surface area contributed by atoms with E-state index in [-0.39, 0.29) is 18.2 Å². The summed E-state index contributed by atoms with van der Waals surface area (Å²) in [6.07, 6.45) is 4.09. The first kappa shape index (κ1) is 28.4. The van der Waals surface area contributed by atoms with Crippen LogP contribution in [0.5, 0.6) is 11.5 Å². The number of nitro benzene ring substituents is 1. The number of allylic oxidation sites excluding steroid dienone is 1. The minimum atomic E-state index is -0.438. The molecule has 0 N–H and O–H groups in total. The number of nitro groups is 1. The van der Waals surface area contributed by atoms with Crippen LogP contribution in [0.1, 0.15) is 16.7 Å². The van der Waals surface area contributed by atoms with E-state index < -0.39 is 4.92 Å². The number of carbonyl (C=O) groups excluding carboxylic acids is 1. The van der Waals surface area contributed by atoms with Crippen molar-refractivity contribution in [1.29, 1.82) is 0 Å². The molecule has 1 heterocycles. The van der Waals surface area contributed by atoms with E-state index >= 15 is 0 Å². The number of hydrogen-bond donors (Lipinski definition) is 0. The molecule has 0 saturated carbocycles. The molecule has 42 heavy (non-hydrogen) atoms. The number of amides is 1. The first-order valence-corrected chi connectivity index (χ1v) is 13.9. The first-order valence-electron chi connectivity index (χ1n) is 13.1. The number of carbonyl (C=O) groups is 1. The van der Waals surface area contributed by atoms with Crippen molar-refractivity contribution in [2.24, 2.45) is 4.99 Å². The molecule has 0 bridgehead atoms. The van der Waals surface area contributed by atoms with Crippen LogP contribution in [0.25, 0.3) is 6.08 Å². The highest BCUT2D eigenvalue weighted by Gasteiger charge is 2.34. The number of aliphatic imine (C=N–C) groups is 1. The number of non-ortho nitro benzene ring substituents is 1. The molecule has 0 aliphatic carbocycles. The van der Waals surface area contributed by atoms with Gasteiger partial charge in [0.25, 0.3) is 11.6 Å². The smallest absolute Gasteiger partial charge is 0.271 e. The summed E-state index contributed by atoms with van der Waals surface area (Å²) in [6, 6.07) is 28.9. The summed E-state index contributed by atoms with van der Waals surface area (Å²) < 4.78 is 11.8. The largest absolute Gasteiger partial charge is 0.493 e. The third-order valence-electron chi connectivity index (χ3n) is 6.37. The maximum Gasteiger partial charge on any atom is 0.271 e. The molecule has 4 aromatic rings. The summed E-state index contributed by atoms with van der Waals surface area (Å²) in [6.45, 7) is 4.07. The standard InChI is InChI=1S/C33H27N3O5S/c1-3-10-25-19-24(20-29(40-2)31(25)41-22-23-15-17-28(18-16-23)36(38)39)21-30-32(37)35(27-13-8-5-9-14-27)33(42-30)34-26-11-6-4-7-12-26/h3-9,11-21H,1,10,22H2,2H3/b30-21+,34-33?. The molecule has 8 nitrogen and oxygen atoms in total. The van der Waals surface area contributed by atoms with E-state index in [9.17, 15) is 14.9 Å². The van der Waals surface area contributed by atoms with Crippen LogP contribution < -0.4 is 14.4 Å². The molecule has 5 rings (SSSR count). The zero-order valence-electron chi connectivity index (χ0n) is 22.8. The number of hydrogen-bond acceptors (Lipinski definition) is 7. The summed E-state index contributed by atoms with van der Waals surface area (Å²) in [7, 11) is 1.56. The minimum absolute atomic E-state index is 0.0168. The zero-order valence-corrected chi connectivity index (χ0v) is 23.6. The van der Waals surface area contributed by atoms with Crippen LogP contribution in [0.15, 0.2) is 120 Å². The predicted molar refractivity (Wildman–Crippen MR) is 167 cm³/mol. The predicted octanol–water partition coefficient (Wildman–Crippen LogP) is 7.72. The summed E-state index contributed by atoms with van der Waals surface area (Å²) in [5.41, 5.74) is 3.86. The monoisotopic (exact) mass is 577 g/mol. The Kier molecular flexibility index (Phi) is 8.79. The van der Waals surface area contributed by atoms with Crippen LogP contribution in [-0.2, 0) is 17.8 Å². The van der Waals surface area contributed by atoms with Crippen molar-refractivity contribution in [3.63, 3.8) is 0 Å². The molecule has 0 aromatic heterocycles. The molecular weight excluding hydrogens is 550 g/mol. The molecule has 9 heteroatoms. The summed E-state index contributed by atoms with van der Waals surface area (Å²) in [4.78, 5) is 31.1. The zero-order chi connectivity index (χ0) is 29.5. The first-order chi connectivity index (χ1) is 20.5. The van der Waals surface area contributed by atoms with Crippen molar-refractivity contribution in [2.45, 2.75) is 13.0 Å². The topological polar surface area (TPSA) is 94.3 Å². The summed E-state index contributed by atoms with van der Waals surface area (Å²) >= 11 is 1.31. The van der Waals surface area contributed by atoms with Crippen LogP contribution in [-0.4, -0.2) is 23.1 Å². The highest BCUT2D eigenvalue weighted by Crippen LogP contribution is 2.39. The normalized spacial score (nSPS) is 14.8. The number of thioether (sulfide) groups is 1. The molecule has 1 amide bonds. The second-order valence-corrected chi connectivity index (χ2v) is 10.2. The molecule has 0 atom stereocenters. The van der Waals surface area contributed by atoms with Gasteiger partial charge in [0, 0.05) is 17.7 Å². The average Bonchev–Trinajstić information content (AvgIpc) is 3.31. The van der Waals surface area contributed by atoms with Gasteiger partial charge in [-0.1, -0.05) is 42.5 Å². The maximum absolute atomic E-state index is 13.7. The van der Waals surface area contributed by atoms with E-state index in [1.54, 1.807) is 30.2 Å². The van der Waals surface area contributed by atoms with E-state index in [2.05, 4.69) is 6.58 Å². The van der Waals surface area contributed by atoms with Crippen molar-refractivity contribution >= 4 is 46.0 Å². The van der Waals surface area contributed by atoms with E-state index in [1.807, 2.05) is 78.9 Å². The lowest BCUT2D eigenvalue weighted by Gasteiger charge is -2.16. The molecule has 4 aromatic carbocycles. The van der Waals surface area contributed by atoms with Crippen LogP contribution >= 0.6 is 11.8 Å². The van der Waals surface area contributed by atoms with Gasteiger partial charge in [-0.3, -0.25) is 19.8 Å². The van der Waals surface area contributed by atoms with Crippen LogP contribution in [0.2, 0.25) is 0 Å². The average molecular weight is 578 g/mol. The number of benzene rings is 4. The number of para-hydroxylation sites is 2. The number of amidine groups is 1. The van der Waals surface area contributed by atoms with Gasteiger partial charge in [-0.2, -0.15) is 0 Å². The lowest BCUT2D eigenvalue weighted by Crippen LogP contribution is -2.28. The van der Waals surface area contributed by atoms with E-state index in [4.69, 9.17) is 14.5 Å². The SMILES string of the molecule is C=CCc1cc(/C=C2/SC(=Nc3ccccc3)N(c3ccccc3)C2=O)cc(OC)c1OCc1ccc([N+](=O)[O-])cc1. The minimum Gasteiger partial charge on any atom is -0.493 e. The highest BCUT2D eigenvalue weighted by molar-refractivity contribution is 8.19. The fourth-order valence-corrected chi connectivity index (χ4v) is 5.38. The molecule has 1 saturated heterocycles.